The molecule has 0 fully saturated rings. The van der Waals surface area contributed by atoms with Crippen LogP contribution in [0.1, 0.15) is 15.9 Å². The van der Waals surface area contributed by atoms with Crippen molar-refractivity contribution in [2.24, 2.45) is 7.05 Å². The highest BCUT2D eigenvalue weighted by molar-refractivity contribution is 14.1. The van der Waals surface area contributed by atoms with Crippen molar-refractivity contribution in [3.63, 3.8) is 0 Å². The minimum absolute atomic E-state index is 0.178. The van der Waals surface area contributed by atoms with Crippen molar-refractivity contribution in [3.8, 4) is 17.0 Å². The van der Waals surface area contributed by atoms with E-state index in [-0.39, 0.29) is 11.3 Å². The van der Waals surface area contributed by atoms with Crippen LogP contribution in [-0.4, -0.2) is 32.6 Å². The van der Waals surface area contributed by atoms with Crippen LogP contribution in [0, 0.1) is 10.5 Å². The molecule has 4 N–H and O–H groups in total. The molecule has 9 heteroatoms. The van der Waals surface area contributed by atoms with Crippen molar-refractivity contribution in [3.05, 3.63) is 75.4 Å². The fraction of sp³-hybridized carbons (Fsp3) is 0.0800. The Bertz CT molecular complexity index is 1480. The first kappa shape index (κ1) is 23.3. The maximum Gasteiger partial charge on any atom is 0.339 e. The summed E-state index contributed by atoms with van der Waals surface area (Å²) in [5.74, 6) is -3.12. The van der Waals surface area contributed by atoms with Crippen LogP contribution in [0.3, 0.4) is 0 Å². The molecule has 0 aliphatic heterocycles. The Morgan fingerprint density at radius 2 is 1.53 bits per heavy atom. The minimum Gasteiger partial charge on any atom is -0.507 e. The second kappa shape index (κ2) is 9.18. The van der Waals surface area contributed by atoms with E-state index < -0.39 is 17.8 Å². The van der Waals surface area contributed by atoms with Gasteiger partial charge in [-0.05, 0) is 65.4 Å². The molecule has 8 nitrogen and oxygen atoms in total. The molecule has 0 saturated carbocycles. The number of phenols is 1. The average molecular weight is 569 g/mol. The minimum atomic E-state index is -1.21. The number of aryl methyl sites for hydroxylation is 2. The predicted octanol–water partition coefficient (Wildman–Crippen LogP) is 4.74. The summed E-state index contributed by atoms with van der Waals surface area (Å²) < 4.78 is 2.63. The third-order valence-electron chi connectivity index (χ3n) is 5.36. The van der Waals surface area contributed by atoms with E-state index in [1.54, 1.807) is 43.4 Å². The Morgan fingerprint density at radius 3 is 2.15 bits per heavy atom. The van der Waals surface area contributed by atoms with Crippen molar-refractivity contribution in [1.29, 1.82) is 0 Å². The number of aromatic hydroxyl groups is 1. The maximum atomic E-state index is 12.4. The summed E-state index contributed by atoms with van der Waals surface area (Å²) in [5, 5.41) is 25.3. The number of carboxylic acid groups (broad SMARTS) is 1. The Kier molecular flexibility index (Phi) is 6.29. The first-order valence-corrected chi connectivity index (χ1v) is 11.3. The normalized spacial score (nSPS) is 10.8. The van der Waals surface area contributed by atoms with Gasteiger partial charge in [-0.2, -0.15) is 0 Å². The van der Waals surface area contributed by atoms with Gasteiger partial charge in [0.1, 0.15) is 11.3 Å². The molecule has 1 heterocycles. The molecule has 3 aromatic carbocycles. The summed E-state index contributed by atoms with van der Waals surface area (Å²) in [5.41, 5.74) is 3.92. The molecule has 0 spiro atoms. The average Bonchev–Trinajstić information content (AvgIpc) is 3.02. The van der Waals surface area contributed by atoms with Gasteiger partial charge in [0, 0.05) is 39.0 Å². The third kappa shape index (κ3) is 4.46. The van der Waals surface area contributed by atoms with Gasteiger partial charge in [-0.25, -0.2) is 4.79 Å². The van der Waals surface area contributed by atoms with E-state index in [4.69, 9.17) is 0 Å². The number of aromatic carboxylic acids is 1. The van der Waals surface area contributed by atoms with E-state index in [0.29, 0.717) is 22.3 Å². The van der Waals surface area contributed by atoms with Gasteiger partial charge in [0.2, 0.25) is 0 Å². The molecule has 0 unspecified atom stereocenters. The van der Waals surface area contributed by atoms with Crippen LogP contribution in [0.2, 0.25) is 0 Å². The SMILES string of the molecule is Cc1cccc(NC(=O)C(=O)Nc2cccc(-c3c(I)c4cc(C(=O)O)c(O)cc4n3C)c2)c1. The molecular weight excluding hydrogens is 549 g/mol. The highest BCUT2D eigenvalue weighted by atomic mass is 127. The van der Waals surface area contributed by atoms with Crippen molar-refractivity contribution in [1.82, 2.24) is 4.57 Å². The Morgan fingerprint density at radius 1 is 0.912 bits per heavy atom. The zero-order chi connectivity index (χ0) is 24.6. The number of carboxylic acids is 1. The molecule has 0 aliphatic rings. The van der Waals surface area contributed by atoms with Crippen LogP contribution >= 0.6 is 22.6 Å². The maximum absolute atomic E-state index is 12.4. The van der Waals surface area contributed by atoms with E-state index in [9.17, 15) is 24.6 Å². The van der Waals surface area contributed by atoms with Crippen LogP contribution < -0.4 is 10.6 Å². The number of benzene rings is 3. The summed E-state index contributed by atoms with van der Waals surface area (Å²) in [4.78, 5) is 36.2. The molecule has 0 atom stereocenters. The molecule has 0 radical (unpaired) electrons. The van der Waals surface area contributed by atoms with Gasteiger partial charge in [0.25, 0.3) is 0 Å². The first-order chi connectivity index (χ1) is 16.2. The summed E-state index contributed by atoms with van der Waals surface area (Å²) >= 11 is 2.13. The summed E-state index contributed by atoms with van der Waals surface area (Å²) in [6, 6.07) is 17.0. The molecule has 4 aromatic rings. The fourth-order valence-corrected chi connectivity index (χ4v) is 4.87. The van der Waals surface area contributed by atoms with Gasteiger partial charge in [0.15, 0.2) is 0 Å². The number of amides is 2. The number of fused-ring (bicyclic) bond motifs is 1. The monoisotopic (exact) mass is 569 g/mol. The molecule has 172 valence electrons. The third-order valence-corrected chi connectivity index (χ3v) is 6.45. The van der Waals surface area contributed by atoms with E-state index in [1.807, 2.05) is 23.6 Å². The van der Waals surface area contributed by atoms with Gasteiger partial charge < -0.3 is 25.4 Å². The standard InChI is InChI=1S/C25H20IN3O5/c1-13-5-3-7-15(9-13)27-23(31)24(32)28-16-8-4-6-14(10-16)22-21(26)17-11-18(25(33)34)20(30)12-19(17)29(22)2/h3-12,30H,1-2H3,(H,27,31)(H,28,32)(H,33,34). The molecule has 0 aliphatic carbocycles. The van der Waals surface area contributed by atoms with Crippen LogP contribution in [0.5, 0.6) is 5.75 Å². The van der Waals surface area contributed by atoms with Gasteiger partial charge in [0.05, 0.1) is 11.2 Å². The summed E-state index contributed by atoms with van der Waals surface area (Å²) in [6.45, 7) is 1.89. The van der Waals surface area contributed by atoms with Crippen LogP contribution in [0.15, 0.2) is 60.7 Å². The van der Waals surface area contributed by atoms with E-state index in [2.05, 4.69) is 33.2 Å². The van der Waals surface area contributed by atoms with Crippen LogP contribution in [0.25, 0.3) is 22.2 Å². The molecular formula is C25H20IN3O5. The Balaban J connectivity index is 1.63. The van der Waals surface area contributed by atoms with Crippen molar-refractivity contribution in [2.45, 2.75) is 6.92 Å². The van der Waals surface area contributed by atoms with Crippen molar-refractivity contribution < 1.29 is 24.6 Å². The molecule has 34 heavy (non-hydrogen) atoms. The number of nitrogens with zero attached hydrogens (tertiary/aromatic N) is 1. The van der Waals surface area contributed by atoms with Crippen molar-refractivity contribution in [2.75, 3.05) is 10.6 Å². The quantitative estimate of drug-likeness (QED) is 0.209. The van der Waals surface area contributed by atoms with E-state index in [1.165, 1.54) is 12.1 Å². The van der Waals surface area contributed by atoms with Gasteiger partial charge in [-0.3, -0.25) is 9.59 Å². The number of anilines is 2. The molecule has 0 bridgehead atoms. The number of hydrogen-bond acceptors (Lipinski definition) is 4. The Hall–Kier alpha value is -3.86. The second-order valence-electron chi connectivity index (χ2n) is 7.77. The number of rotatable bonds is 4. The van der Waals surface area contributed by atoms with E-state index >= 15 is 0 Å². The number of hydrogen-bond donors (Lipinski definition) is 4. The van der Waals surface area contributed by atoms with Crippen LogP contribution in [0.4, 0.5) is 11.4 Å². The zero-order valence-electron chi connectivity index (χ0n) is 18.2. The Labute approximate surface area is 208 Å². The smallest absolute Gasteiger partial charge is 0.339 e. The molecule has 4 rings (SSSR count). The van der Waals surface area contributed by atoms with Gasteiger partial charge in [-0.15, -0.1) is 0 Å². The summed E-state index contributed by atoms with van der Waals surface area (Å²) in [6.07, 6.45) is 0. The highest BCUT2D eigenvalue weighted by Crippen LogP contribution is 2.37. The number of aromatic nitrogens is 1. The highest BCUT2D eigenvalue weighted by Gasteiger charge is 2.20. The lowest BCUT2D eigenvalue weighted by Crippen LogP contribution is -2.29. The van der Waals surface area contributed by atoms with Gasteiger partial charge in [-0.1, -0.05) is 24.3 Å². The molecule has 2 amide bonds. The predicted molar refractivity (Wildman–Crippen MR) is 138 cm³/mol. The summed E-state index contributed by atoms with van der Waals surface area (Å²) in [7, 11) is 1.81. The number of nitrogens with one attached hydrogen (secondary N) is 2. The van der Waals surface area contributed by atoms with Crippen LogP contribution in [-0.2, 0) is 16.6 Å². The fourth-order valence-electron chi connectivity index (χ4n) is 3.76. The largest absolute Gasteiger partial charge is 0.507 e. The van der Waals surface area contributed by atoms with E-state index in [0.717, 1.165) is 20.4 Å². The first-order valence-electron chi connectivity index (χ1n) is 10.2. The second-order valence-corrected chi connectivity index (χ2v) is 8.85. The van der Waals surface area contributed by atoms with Gasteiger partial charge >= 0.3 is 17.8 Å². The molecule has 1 aromatic heterocycles. The molecule has 0 saturated heterocycles. The number of carbonyl (C=O) groups is 3. The number of carbonyl (C=O) groups excluding carboxylic acids is 2. The lowest BCUT2D eigenvalue weighted by Gasteiger charge is -2.10. The van der Waals surface area contributed by atoms with Crippen molar-refractivity contribution >= 4 is 62.7 Å². The lowest BCUT2D eigenvalue weighted by molar-refractivity contribution is -0.132. The number of halogens is 1. The zero-order valence-corrected chi connectivity index (χ0v) is 20.4. The lowest BCUT2D eigenvalue weighted by atomic mass is 10.1. The topological polar surface area (TPSA) is 121 Å².